The van der Waals surface area contributed by atoms with Crippen molar-refractivity contribution in [3.63, 3.8) is 0 Å². The van der Waals surface area contributed by atoms with Crippen LogP contribution in [0.5, 0.6) is 0 Å². The summed E-state index contributed by atoms with van der Waals surface area (Å²) >= 11 is 0. The second kappa shape index (κ2) is 4.81. The van der Waals surface area contributed by atoms with Crippen LogP contribution in [0.25, 0.3) is 0 Å². The number of nitrogens with one attached hydrogen (secondary N) is 1. The van der Waals surface area contributed by atoms with Crippen LogP contribution in [0.2, 0.25) is 0 Å². The molecule has 0 saturated heterocycles. The number of nitrogens with zero attached hydrogens (tertiary/aromatic N) is 1. The Balaban J connectivity index is 2.89. The Kier molecular flexibility index (Phi) is 3.96. The number of aromatic amines is 1. The summed E-state index contributed by atoms with van der Waals surface area (Å²) in [6, 6.07) is 0.873. The Bertz CT molecular complexity index is 552. The molecule has 0 bridgehead atoms. The van der Waals surface area contributed by atoms with E-state index in [-0.39, 0.29) is 10.6 Å². The van der Waals surface area contributed by atoms with E-state index >= 15 is 0 Å². The van der Waals surface area contributed by atoms with Crippen LogP contribution in [0, 0.1) is 0 Å². The Morgan fingerprint density at radius 2 is 2.06 bits per heavy atom. The highest BCUT2D eigenvalue weighted by Crippen LogP contribution is 2.19. The lowest BCUT2D eigenvalue weighted by atomic mass is 10.3. The van der Waals surface area contributed by atoms with Gasteiger partial charge in [0.05, 0.1) is 0 Å². The fraction of sp³-hybridized carbons (Fsp3) is 0.375. The molecule has 1 amide bonds. The summed E-state index contributed by atoms with van der Waals surface area (Å²) in [4.78, 5) is 13.8. The average molecular weight is 305 g/mol. The Labute approximate surface area is 105 Å². The first-order valence-electron chi connectivity index (χ1n) is 4.46. The minimum absolute atomic E-state index is 0.291. The van der Waals surface area contributed by atoms with Crippen LogP contribution in [0.4, 0.5) is 13.2 Å². The third-order valence-electron chi connectivity index (χ3n) is 1.93. The van der Waals surface area contributed by atoms with Crippen molar-refractivity contribution in [2.24, 2.45) is 0 Å². The number of aromatic nitrogens is 1. The standard InChI is InChI=1S/C8H8ClF3N2O3S/c1-14(4-8(10,11)12)7(15)6-2-5(3-13-6)18(9,16)17/h2-3,13H,4H2,1H3. The summed E-state index contributed by atoms with van der Waals surface area (Å²) in [5.74, 6) is -0.987. The Morgan fingerprint density at radius 3 is 2.44 bits per heavy atom. The Hall–Kier alpha value is -1.22. The van der Waals surface area contributed by atoms with Gasteiger partial charge in [-0.3, -0.25) is 4.79 Å². The van der Waals surface area contributed by atoms with Gasteiger partial charge in [0.25, 0.3) is 15.0 Å². The first-order valence-corrected chi connectivity index (χ1v) is 6.77. The molecule has 0 saturated carbocycles. The van der Waals surface area contributed by atoms with Crippen LogP contribution in [0.15, 0.2) is 17.2 Å². The molecular weight excluding hydrogens is 297 g/mol. The molecule has 1 heterocycles. The summed E-state index contributed by atoms with van der Waals surface area (Å²) in [6.45, 7) is -1.44. The van der Waals surface area contributed by atoms with Crippen LogP contribution in [0.3, 0.4) is 0 Å². The zero-order chi connectivity index (χ0) is 14.1. The largest absolute Gasteiger partial charge is 0.406 e. The van der Waals surface area contributed by atoms with E-state index in [1.807, 2.05) is 0 Å². The van der Waals surface area contributed by atoms with Crippen molar-refractivity contribution in [1.29, 1.82) is 0 Å². The van der Waals surface area contributed by atoms with Gasteiger partial charge in [0.2, 0.25) is 0 Å². The predicted molar refractivity (Wildman–Crippen MR) is 56.8 cm³/mol. The van der Waals surface area contributed by atoms with Gasteiger partial charge >= 0.3 is 6.18 Å². The van der Waals surface area contributed by atoms with E-state index in [0.717, 1.165) is 19.3 Å². The highest BCUT2D eigenvalue weighted by molar-refractivity contribution is 8.13. The lowest BCUT2D eigenvalue weighted by Gasteiger charge is -2.17. The number of alkyl halides is 3. The zero-order valence-electron chi connectivity index (χ0n) is 8.95. The van der Waals surface area contributed by atoms with E-state index in [0.29, 0.717) is 4.90 Å². The molecule has 1 aromatic rings. The molecule has 0 fully saturated rings. The fourth-order valence-electron chi connectivity index (χ4n) is 1.19. The first-order chi connectivity index (χ1) is 8.00. The average Bonchev–Trinajstić information content (AvgIpc) is 2.61. The van der Waals surface area contributed by atoms with Crippen molar-refractivity contribution in [3.05, 3.63) is 18.0 Å². The van der Waals surface area contributed by atoms with E-state index in [4.69, 9.17) is 10.7 Å². The van der Waals surface area contributed by atoms with Gasteiger partial charge in [0, 0.05) is 23.9 Å². The molecular formula is C8H8ClF3N2O3S. The predicted octanol–water partition coefficient (Wildman–Crippen LogP) is 1.58. The molecule has 0 atom stereocenters. The molecule has 0 spiro atoms. The lowest BCUT2D eigenvalue weighted by molar-refractivity contribution is -0.138. The van der Waals surface area contributed by atoms with Crippen molar-refractivity contribution in [2.75, 3.05) is 13.6 Å². The van der Waals surface area contributed by atoms with Gasteiger partial charge in [-0.05, 0) is 6.07 Å². The number of hydrogen-bond acceptors (Lipinski definition) is 3. The van der Waals surface area contributed by atoms with Crippen molar-refractivity contribution in [1.82, 2.24) is 9.88 Å². The molecule has 0 aliphatic heterocycles. The summed E-state index contributed by atoms with van der Waals surface area (Å²) in [6.07, 6.45) is -3.60. The van der Waals surface area contributed by atoms with Gasteiger partial charge in [-0.15, -0.1) is 0 Å². The van der Waals surface area contributed by atoms with Gasteiger partial charge in [-0.2, -0.15) is 13.2 Å². The van der Waals surface area contributed by atoms with Crippen molar-refractivity contribution in [3.8, 4) is 0 Å². The van der Waals surface area contributed by atoms with Crippen LogP contribution < -0.4 is 0 Å². The molecule has 1 aromatic heterocycles. The number of amides is 1. The monoisotopic (exact) mass is 304 g/mol. The fourth-order valence-corrected chi connectivity index (χ4v) is 1.91. The second-order valence-corrected chi connectivity index (χ2v) is 6.03. The van der Waals surface area contributed by atoms with E-state index < -0.39 is 27.7 Å². The molecule has 0 radical (unpaired) electrons. The summed E-state index contributed by atoms with van der Waals surface area (Å²) < 4.78 is 58.0. The summed E-state index contributed by atoms with van der Waals surface area (Å²) in [5.41, 5.74) is -0.291. The molecule has 18 heavy (non-hydrogen) atoms. The molecule has 0 aromatic carbocycles. The van der Waals surface area contributed by atoms with E-state index in [1.54, 1.807) is 0 Å². The van der Waals surface area contributed by atoms with Gasteiger partial charge in [-0.1, -0.05) is 0 Å². The highest BCUT2D eigenvalue weighted by Gasteiger charge is 2.32. The van der Waals surface area contributed by atoms with E-state index in [1.165, 1.54) is 0 Å². The molecule has 0 aliphatic carbocycles. The molecule has 0 aliphatic rings. The summed E-state index contributed by atoms with van der Waals surface area (Å²) in [7, 11) is 1.93. The minimum Gasteiger partial charge on any atom is -0.356 e. The third kappa shape index (κ3) is 3.91. The van der Waals surface area contributed by atoms with Crippen molar-refractivity contribution >= 4 is 25.6 Å². The van der Waals surface area contributed by atoms with Crippen molar-refractivity contribution in [2.45, 2.75) is 11.1 Å². The van der Waals surface area contributed by atoms with Gasteiger partial charge in [-0.25, -0.2) is 8.42 Å². The zero-order valence-corrected chi connectivity index (χ0v) is 10.5. The maximum atomic E-state index is 12.1. The van der Waals surface area contributed by atoms with E-state index in [2.05, 4.69) is 4.98 Å². The van der Waals surface area contributed by atoms with Crippen LogP contribution in [-0.4, -0.2) is 44.0 Å². The van der Waals surface area contributed by atoms with Crippen LogP contribution in [0.1, 0.15) is 10.5 Å². The van der Waals surface area contributed by atoms with Crippen LogP contribution >= 0.6 is 10.7 Å². The van der Waals surface area contributed by atoms with Gasteiger partial charge in [0.15, 0.2) is 0 Å². The number of halogens is 4. The molecule has 0 unspecified atom stereocenters. The highest BCUT2D eigenvalue weighted by atomic mass is 35.7. The molecule has 1 N–H and O–H groups in total. The normalized spacial score (nSPS) is 12.5. The molecule has 1 rings (SSSR count). The molecule has 5 nitrogen and oxygen atoms in total. The number of rotatable bonds is 3. The number of H-pyrrole nitrogens is 1. The van der Waals surface area contributed by atoms with Gasteiger partial charge < -0.3 is 9.88 Å². The smallest absolute Gasteiger partial charge is 0.356 e. The first kappa shape index (κ1) is 14.8. The van der Waals surface area contributed by atoms with Crippen molar-refractivity contribution < 1.29 is 26.4 Å². The second-order valence-electron chi connectivity index (χ2n) is 3.46. The lowest BCUT2D eigenvalue weighted by Crippen LogP contribution is -2.35. The summed E-state index contributed by atoms with van der Waals surface area (Å²) in [5, 5.41) is 0. The SMILES string of the molecule is CN(CC(F)(F)F)C(=O)c1cc(S(=O)(=O)Cl)c[nH]1. The minimum atomic E-state index is -4.53. The number of hydrogen-bond donors (Lipinski definition) is 1. The maximum absolute atomic E-state index is 12.1. The maximum Gasteiger partial charge on any atom is 0.406 e. The molecule has 10 heteroatoms. The number of carbonyl (C=O) groups is 1. The Morgan fingerprint density at radius 1 is 1.50 bits per heavy atom. The molecule has 102 valence electrons. The van der Waals surface area contributed by atoms with Crippen LogP contribution in [-0.2, 0) is 9.05 Å². The quantitative estimate of drug-likeness (QED) is 0.862. The topological polar surface area (TPSA) is 70.2 Å². The van der Waals surface area contributed by atoms with E-state index in [9.17, 15) is 26.4 Å². The number of carbonyl (C=O) groups excluding carboxylic acids is 1. The van der Waals surface area contributed by atoms with Gasteiger partial charge in [0.1, 0.15) is 17.1 Å². The third-order valence-corrected chi connectivity index (χ3v) is 3.26.